The molecular formula is C13H24. The first-order chi connectivity index (χ1) is 5.75. The maximum atomic E-state index is 2.48. The van der Waals surface area contributed by atoms with E-state index in [0.29, 0.717) is 16.7 Å². The van der Waals surface area contributed by atoms with Gasteiger partial charge < -0.3 is 0 Å². The van der Waals surface area contributed by atoms with Crippen LogP contribution in [-0.4, -0.2) is 0 Å². The summed E-state index contributed by atoms with van der Waals surface area (Å²) < 4.78 is 0. The minimum atomic E-state index is 0.413. The van der Waals surface area contributed by atoms with Gasteiger partial charge in [0.15, 0.2) is 0 Å². The highest BCUT2D eigenvalue weighted by atomic mass is 14.4. The zero-order valence-corrected chi connectivity index (χ0v) is 10.1. The molecule has 1 rings (SSSR count). The highest BCUT2D eigenvalue weighted by Gasteiger charge is 2.35. The van der Waals surface area contributed by atoms with Gasteiger partial charge in [-0.3, -0.25) is 0 Å². The molecule has 0 aromatic carbocycles. The monoisotopic (exact) mass is 180 g/mol. The van der Waals surface area contributed by atoms with Gasteiger partial charge in [-0.1, -0.05) is 53.2 Å². The van der Waals surface area contributed by atoms with E-state index in [1.165, 1.54) is 12.8 Å². The molecule has 0 aromatic heterocycles. The first kappa shape index (κ1) is 10.8. The molecule has 0 atom stereocenters. The van der Waals surface area contributed by atoms with Gasteiger partial charge in [-0.05, 0) is 29.6 Å². The molecule has 0 heterocycles. The predicted molar refractivity (Wildman–Crippen MR) is 59.7 cm³/mol. The molecule has 1 aliphatic carbocycles. The SMILES string of the molecule is CC(C)C1=CCC(C)(C)CC1(C)C. The molecule has 0 saturated carbocycles. The summed E-state index contributed by atoms with van der Waals surface area (Å²) in [4.78, 5) is 0. The molecule has 0 heteroatoms. The zero-order chi connectivity index (χ0) is 10.3. The van der Waals surface area contributed by atoms with Crippen LogP contribution in [0.3, 0.4) is 0 Å². The van der Waals surface area contributed by atoms with Gasteiger partial charge in [0, 0.05) is 0 Å². The fraction of sp³-hybridized carbons (Fsp3) is 0.846. The number of hydrogen-bond acceptors (Lipinski definition) is 0. The lowest BCUT2D eigenvalue weighted by Crippen LogP contribution is -2.30. The van der Waals surface area contributed by atoms with Crippen molar-refractivity contribution < 1.29 is 0 Å². The Morgan fingerprint density at radius 2 is 1.69 bits per heavy atom. The van der Waals surface area contributed by atoms with Crippen LogP contribution in [0.5, 0.6) is 0 Å². The lowest BCUT2D eigenvalue weighted by Gasteiger charge is -2.42. The lowest BCUT2D eigenvalue weighted by molar-refractivity contribution is 0.197. The summed E-state index contributed by atoms with van der Waals surface area (Å²) in [6, 6.07) is 0. The zero-order valence-electron chi connectivity index (χ0n) is 10.1. The summed E-state index contributed by atoms with van der Waals surface area (Å²) in [7, 11) is 0. The van der Waals surface area contributed by atoms with E-state index in [0.717, 1.165) is 0 Å². The van der Waals surface area contributed by atoms with Crippen molar-refractivity contribution in [3.63, 3.8) is 0 Å². The Morgan fingerprint density at radius 1 is 1.15 bits per heavy atom. The average Bonchev–Trinajstić information content (AvgIpc) is 1.79. The molecule has 1 aliphatic rings. The van der Waals surface area contributed by atoms with Crippen molar-refractivity contribution in [3.8, 4) is 0 Å². The van der Waals surface area contributed by atoms with Crippen LogP contribution in [0.1, 0.15) is 54.4 Å². The van der Waals surface area contributed by atoms with Crippen LogP contribution < -0.4 is 0 Å². The Hall–Kier alpha value is -0.260. The van der Waals surface area contributed by atoms with Crippen LogP contribution in [-0.2, 0) is 0 Å². The van der Waals surface area contributed by atoms with Crippen LogP contribution in [0, 0.1) is 16.7 Å². The fourth-order valence-corrected chi connectivity index (χ4v) is 3.05. The van der Waals surface area contributed by atoms with Crippen molar-refractivity contribution in [1.29, 1.82) is 0 Å². The Kier molecular flexibility index (Phi) is 2.62. The van der Waals surface area contributed by atoms with E-state index >= 15 is 0 Å². The molecule has 0 N–H and O–H groups in total. The standard InChI is InChI=1S/C13H24/c1-10(2)11-7-8-12(3,4)9-13(11,5)6/h7,10H,8-9H2,1-6H3. The van der Waals surface area contributed by atoms with Crippen LogP contribution in [0.25, 0.3) is 0 Å². The predicted octanol–water partition coefficient (Wildman–Crippen LogP) is 4.42. The molecule has 0 unspecified atom stereocenters. The largest absolute Gasteiger partial charge is 0.0840 e. The molecule has 0 spiro atoms. The Morgan fingerprint density at radius 3 is 2.08 bits per heavy atom. The molecule has 0 saturated heterocycles. The number of allylic oxidation sites excluding steroid dienone is 2. The van der Waals surface area contributed by atoms with Gasteiger partial charge in [0.1, 0.15) is 0 Å². The van der Waals surface area contributed by atoms with Crippen LogP contribution in [0.2, 0.25) is 0 Å². The van der Waals surface area contributed by atoms with Crippen molar-refractivity contribution in [2.75, 3.05) is 0 Å². The summed E-state index contributed by atoms with van der Waals surface area (Å²) in [5.74, 6) is 0.714. The third kappa shape index (κ3) is 2.36. The molecule has 0 amide bonds. The highest BCUT2D eigenvalue weighted by molar-refractivity contribution is 5.19. The third-order valence-corrected chi connectivity index (χ3v) is 3.20. The maximum Gasteiger partial charge on any atom is -0.0137 e. The van der Waals surface area contributed by atoms with E-state index in [9.17, 15) is 0 Å². The molecule has 0 bridgehead atoms. The van der Waals surface area contributed by atoms with Crippen LogP contribution >= 0.6 is 0 Å². The lowest BCUT2D eigenvalue weighted by atomic mass is 9.63. The summed E-state index contributed by atoms with van der Waals surface area (Å²) in [5, 5.41) is 0. The van der Waals surface area contributed by atoms with Crippen molar-refractivity contribution in [1.82, 2.24) is 0 Å². The minimum absolute atomic E-state index is 0.413. The third-order valence-electron chi connectivity index (χ3n) is 3.20. The van der Waals surface area contributed by atoms with Crippen molar-refractivity contribution in [2.45, 2.75) is 54.4 Å². The highest BCUT2D eigenvalue weighted by Crippen LogP contribution is 2.47. The quantitative estimate of drug-likeness (QED) is 0.524. The fourth-order valence-electron chi connectivity index (χ4n) is 3.05. The summed E-state index contributed by atoms with van der Waals surface area (Å²) in [5.41, 5.74) is 2.57. The van der Waals surface area contributed by atoms with E-state index in [1.54, 1.807) is 5.57 Å². The number of hydrogen-bond donors (Lipinski definition) is 0. The second kappa shape index (κ2) is 3.15. The van der Waals surface area contributed by atoms with Crippen LogP contribution in [0.15, 0.2) is 11.6 Å². The van der Waals surface area contributed by atoms with E-state index in [4.69, 9.17) is 0 Å². The van der Waals surface area contributed by atoms with Crippen LogP contribution in [0.4, 0.5) is 0 Å². The van der Waals surface area contributed by atoms with Gasteiger partial charge in [-0.25, -0.2) is 0 Å². The van der Waals surface area contributed by atoms with Crippen molar-refractivity contribution >= 4 is 0 Å². The molecule has 0 fully saturated rings. The van der Waals surface area contributed by atoms with Gasteiger partial charge in [0.25, 0.3) is 0 Å². The Bertz CT molecular complexity index is 216. The van der Waals surface area contributed by atoms with Crippen molar-refractivity contribution in [2.24, 2.45) is 16.7 Å². The normalized spacial score (nSPS) is 25.9. The molecular weight excluding hydrogens is 156 g/mol. The molecule has 13 heavy (non-hydrogen) atoms. The van der Waals surface area contributed by atoms with Gasteiger partial charge in [0.2, 0.25) is 0 Å². The molecule has 0 nitrogen and oxygen atoms in total. The molecule has 0 aromatic rings. The van der Waals surface area contributed by atoms with Gasteiger partial charge in [-0.2, -0.15) is 0 Å². The van der Waals surface area contributed by atoms with E-state index in [-0.39, 0.29) is 0 Å². The maximum absolute atomic E-state index is 2.48. The Balaban J connectivity index is 2.93. The smallest absolute Gasteiger partial charge is 0.0137 e. The first-order valence-corrected chi connectivity index (χ1v) is 5.45. The van der Waals surface area contributed by atoms with Crippen molar-refractivity contribution in [3.05, 3.63) is 11.6 Å². The first-order valence-electron chi connectivity index (χ1n) is 5.45. The molecule has 0 aliphatic heterocycles. The average molecular weight is 180 g/mol. The van der Waals surface area contributed by atoms with E-state index < -0.39 is 0 Å². The number of rotatable bonds is 1. The summed E-state index contributed by atoms with van der Waals surface area (Å²) >= 11 is 0. The van der Waals surface area contributed by atoms with Gasteiger partial charge in [0.05, 0.1) is 0 Å². The topological polar surface area (TPSA) is 0 Å². The van der Waals surface area contributed by atoms with E-state index in [2.05, 4.69) is 47.6 Å². The molecule has 76 valence electrons. The Labute approximate surface area is 83.4 Å². The second-order valence-electron chi connectivity index (χ2n) is 6.24. The summed E-state index contributed by atoms with van der Waals surface area (Å²) in [6.07, 6.45) is 5.06. The van der Waals surface area contributed by atoms with Gasteiger partial charge in [-0.15, -0.1) is 0 Å². The second-order valence-corrected chi connectivity index (χ2v) is 6.24. The summed E-state index contributed by atoms with van der Waals surface area (Å²) in [6.45, 7) is 14.2. The molecule has 0 radical (unpaired) electrons. The van der Waals surface area contributed by atoms with Gasteiger partial charge >= 0.3 is 0 Å². The van der Waals surface area contributed by atoms with E-state index in [1.807, 2.05) is 0 Å². The minimum Gasteiger partial charge on any atom is -0.0840 e.